The van der Waals surface area contributed by atoms with Gasteiger partial charge in [0.05, 0.1) is 23.2 Å². The summed E-state index contributed by atoms with van der Waals surface area (Å²) in [6.45, 7) is 2.46. The van der Waals surface area contributed by atoms with E-state index in [4.69, 9.17) is 14.5 Å². The number of thiol groups is 1. The molecule has 0 atom stereocenters. The van der Waals surface area contributed by atoms with E-state index in [1.807, 2.05) is 37.3 Å². The van der Waals surface area contributed by atoms with Gasteiger partial charge < -0.3 is 14.8 Å². The number of rotatable bonds is 13. The summed E-state index contributed by atoms with van der Waals surface area (Å²) in [6, 6.07) is 9.66. The van der Waals surface area contributed by atoms with Crippen molar-refractivity contribution < 1.29 is 27.5 Å². The first-order valence-electron chi connectivity index (χ1n) is 12.6. The van der Waals surface area contributed by atoms with E-state index in [9.17, 15) is 18.0 Å². The van der Waals surface area contributed by atoms with Gasteiger partial charge in [-0.05, 0) is 50.2 Å². The second kappa shape index (κ2) is 11.9. The molecule has 1 aromatic carbocycles. The Morgan fingerprint density at radius 3 is 2.46 bits per heavy atom. The number of hydrogen-bond donors (Lipinski definition) is 3. The molecule has 1 saturated carbocycles. The maximum Gasteiger partial charge on any atom is 0.303 e. The van der Waals surface area contributed by atoms with Gasteiger partial charge in [-0.25, -0.2) is 13.4 Å². The topological polar surface area (TPSA) is 130 Å². The van der Waals surface area contributed by atoms with Crippen LogP contribution in [0.1, 0.15) is 78.0 Å². The van der Waals surface area contributed by atoms with Crippen LogP contribution in [-0.4, -0.2) is 48.3 Å². The number of hydrogen-bond acceptors (Lipinski definition) is 6. The number of aromatic nitrogens is 1. The van der Waals surface area contributed by atoms with Crippen molar-refractivity contribution in [2.45, 2.75) is 64.3 Å². The minimum Gasteiger partial charge on any atom is -0.481 e. The molecule has 0 spiro atoms. The van der Waals surface area contributed by atoms with Gasteiger partial charge in [-0.3, -0.25) is 9.59 Å². The minimum absolute atomic E-state index is 0.125. The van der Waals surface area contributed by atoms with E-state index in [2.05, 4.69) is 5.32 Å². The van der Waals surface area contributed by atoms with Gasteiger partial charge in [-0.2, -0.15) is 4.31 Å². The van der Waals surface area contributed by atoms with Crippen LogP contribution in [0.4, 0.5) is 0 Å². The third-order valence-electron chi connectivity index (χ3n) is 6.70. The average Bonchev–Trinajstić information content (AvgIpc) is 3.65. The number of amides is 1. The van der Waals surface area contributed by atoms with Crippen molar-refractivity contribution in [2.24, 2.45) is 0 Å². The summed E-state index contributed by atoms with van der Waals surface area (Å²) in [7, 11) is -1.25. The van der Waals surface area contributed by atoms with Gasteiger partial charge >= 0.3 is 5.97 Å². The fourth-order valence-electron chi connectivity index (χ4n) is 4.52. The number of carbonyl (C=O) groups is 2. The van der Waals surface area contributed by atoms with Crippen molar-refractivity contribution in [2.75, 3.05) is 13.6 Å². The lowest BCUT2D eigenvalue weighted by Gasteiger charge is -2.17. The minimum atomic E-state index is -2.83. The zero-order valence-electron chi connectivity index (χ0n) is 21.2. The zero-order valence-corrected chi connectivity index (χ0v) is 22.1. The molecule has 37 heavy (non-hydrogen) atoms. The summed E-state index contributed by atoms with van der Waals surface area (Å²) in [5.74, 6) is -0.363. The van der Waals surface area contributed by atoms with Crippen LogP contribution in [0.15, 0.2) is 34.7 Å². The molecule has 2 aromatic heterocycles. The van der Waals surface area contributed by atoms with Crippen LogP contribution < -0.4 is 5.32 Å². The van der Waals surface area contributed by atoms with Gasteiger partial charge in [0.1, 0.15) is 5.76 Å². The molecular formula is C27H33N3O6S. The average molecular weight is 528 g/mol. The number of fused-ring (bicyclic) bond motifs is 1. The molecule has 2 N–H and O–H groups in total. The van der Waals surface area contributed by atoms with Crippen molar-refractivity contribution in [1.82, 2.24) is 14.6 Å². The molecular weight excluding hydrogens is 494 g/mol. The van der Waals surface area contributed by atoms with Gasteiger partial charge in [-0.1, -0.05) is 42.7 Å². The first-order chi connectivity index (χ1) is 17.8. The molecule has 4 rings (SSSR count). The van der Waals surface area contributed by atoms with Crippen molar-refractivity contribution >= 4 is 33.9 Å². The summed E-state index contributed by atoms with van der Waals surface area (Å²) in [5.41, 5.74) is 4.19. The molecule has 1 aliphatic carbocycles. The molecule has 1 aliphatic rings. The van der Waals surface area contributed by atoms with Crippen molar-refractivity contribution in [3.05, 3.63) is 52.7 Å². The van der Waals surface area contributed by atoms with Gasteiger partial charge in [0.25, 0.3) is 5.91 Å². The van der Waals surface area contributed by atoms with E-state index >= 15 is 0 Å². The molecule has 198 valence electrons. The number of aryl methyl sites for hydroxylation is 1. The number of carboxylic acid groups (broad SMARTS) is 1. The quantitative estimate of drug-likeness (QED) is 0.222. The molecule has 0 saturated heterocycles. The molecule has 1 fully saturated rings. The number of aliphatic carboxylic acids is 1. The van der Waals surface area contributed by atoms with Crippen LogP contribution in [0.2, 0.25) is 0 Å². The highest BCUT2D eigenvalue weighted by molar-refractivity contribution is 7.69. The molecule has 9 nitrogen and oxygen atoms in total. The first kappa shape index (κ1) is 26.8. The van der Waals surface area contributed by atoms with Crippen LogP contribution in [0.3, 0.4) is 0 Å². The summed E-state index contributed by atoms with van der Waals surface area (Å²) in [6.07, 6.45) is 4.82. The number of carboxylic acids is 1. The molecule has 0 unspecified atom stereocenters. The Kier molecular flexibility index (Phi) is 8.60. The standard InChI is InChI=1S/C27H33N3O6S/c1-17-8-10-19(11-9-17)25-24(26(33)28-2)21-15-20(18-12-13-18)22(29-27(21)36-25)16-30(37(34)35)14-6-4-3-5-7-23(31)32/h8-11,15,18,37H,3-7,12-14,16H2,1-2H3,(H,28,33)(H,31,32). The predicted octanol–water partition coefficient (Wildman–Crippen LogP) is 4.40. The lowest BCUT2D eigenvalue weighted by atomic mass is 10.0. The Bertz CT molecular complexity index is 1350. The van der Waals surface area contributed by atoms with E-state index in [-0.39, 0.29) is 24.8 Å². The van der Waals surface area contributed by atoms with Crippen molar-refractivity contribution in [1.29, 1.82) is 0 Å². The van der Waals surface area contributed by atoms with Gasteiger partial charge in [0.2, 0.25) is 16.6 Å². The molecule has 0 bridgehead atoms. The fraction of sp³-hybridized carbons (Fsp3) is 0.444. The summed E-state index contributed by atoms with van der Waals surface area (Å²) >= 11 is 0. The molecule has 10 heteroatoms. The molecule has 2 heterocycles. The monoisotopic (exact) mass is 527 g/mol. The number of unbranched alkanes of at least 4 members (excludes halogenated alkanes) is 3. The number of carbonyl (C=O) groups excluding carboxylic acids is 1. The van der Waals surface area contributed by atoms with Crippen molar-refractivity contribution in [3.8, 4) is 11.3 Å². The Balaban J connectivity index is 1.64. The lowest BCUT2D eigenvalue weighted by molar-refractivity contribution is -0.137. The maximum absolute atomic E-state index is 12.9. The zero-order chi connectivity index (χ0) is 26.5. The molecule has 1 amide bonds. The number of furan rings is 1. The maximum atomic E-state index is 12.9. The van der Waals surface area contributed by atoms with Crippen LogP contribution in [0.25, 0.3) is 22.4 Å². The largest absolute Gasteiger partial charge is 0.481 e. The Morgan fingerprint density at radius 1 is 1.14 bits per heavy atom. The van der Waals surface area contributed by atoms with E-state index in [1.54, 1.807) is 7.05 Å². The lowest BCUT2D eigenvalue weighted by Crippen LogP contribution is -2.24. The predicted molar refractivity (Wildman–Crippen MR) is 141 cm³/mol. The highest BCUT2D eigenvalue weighted by Crippen LogP contribution is 2.44. The van der Waals surface area contributed by atoms with Gasteiger partial charge in [0, 0.05) is 25.6 Å². The van der Waals surface area contributed by atoms with Crippen LogP contribution in [0.5, 0.6) is 0 Å². The van der Waals surface area contributed by atoms with Gasteiger partial charge in [-0.15, -0.1) is 0 Å². The first-order valence-corrected chi connectivity index (χ1v) is 13.8. The van der Waals surface area contributed by atoms with Crippen LogP contribution >= 0.6 is 0 Å². The summed E-state index contributed by atoms with van der Waals surface area (Å²) in [5, 5.41) is 12.1. The normalized spacial score (nSPS) is 13.5. The Morgan fingerprint density at radius 2 is 1.84 bits per heavy atom. The molecule has 0 radical (unpaired) electrons. The summed E-state index contributed by atoms with van der Waals surface area (Å²) in [4.78, 5) is 28.3. The smallest absolute Gasteiger partial charge is 0.303 e. The third kappa shape index (κ3) is 6.56. The highest BCUT2D eigenvalue weighted by atomic mass is 32.2. The number of pyridine rings is 1. The van der Waals surface area contributed by atoms with E-state index < -0.39 is 16.9 Å². The van der Waals surface area contributed by atoms with E-state index in [1.165, 1.54) is 4.31 Å². The van der Waals surface area contributed by atoms with Crippen LogP contribution in [-0.2, 0) is 22.2 Å². The Labute approximate surface area is 218 Å². The third-order valence-corrected chi connectivity index (χ3v) is 7.50. The highest BCUT2D eigenvalue weighted by Gasteiger charge is 2.31. The Hall–Kier alpha value is -3.24. The van der Waals surface area contributed by atoms with E-state index in [0.29, 0.717) is 47.5 Å². The second-order valence-electron chi connectivity index (χ2n) is 9.59. The number of benzene rings is 1. The number of nitrogens with zero attached hydrogens (tertiary/aromatic N) is 2. The summed E-state index contributed by atoms with van der Waals surface area (Å²) < 4.78 is 31.6. The SMILES string of the molecule is CNC(=O)c1c(-c2ccc(C)cc2)oc2nc(CN(CCCCCCC(=O)O)[SH](=O)=O)c(C3CC3)cc12. The van der Waals surface area contributed by atoms with E-state index in [0.717, 1.165) is 42.4 Å². The number of nitrogens with one attached hydrogen (secondary N) is 1. The van der Waals surface area contributed by atoms with Crippen LogP contribution in [0, 0.1) is 6.92 Å². The van der Waals surface area contributed by atoms with Gasteiger partial charge in [0.15, 0.2) is 0 Å². The second-order valence-corrected chi connectivity index (χ2v) is 10.6. The molecule has 0 aliphatic heterocycles. The molecule has 3 aromatic rings. The van der Waals surface area contributed by atoms with Crippen molar-refractivity contribution in [3.63, 3.8) is 0 Å². The fourth-order valence-corrected chi connectivity index (χ4v) is 5.08.